The molecule has 122 valence electrons. The summed E-state index contributed by atoms with van der Waals surface area (Å²) >= 11 is 5.93. The lowest BCUT2D eigenvalue weighted by Crippen LogP contribution is -1.85. The molecule has 0 aliphatic heterocycles. The van der Waals surface area contributed by atoms with Crippen molar-refractivity contribution in [2.24, 2.45) is 0 Å². The molecule has 1 N–H and O–H groups in total. The van der Waals surface area contributed by atoms with Crippen LogP contribution in [0.15, 0.2) is 66.7 Å². The van der Waals surface area contributed by atoms with Crippen molar-refractivity contribution in [3.05, 3.63) is 83.1 Å². The molecule has 0 aliphatic rings. The highest BCUT2D eigenvalue weighted by Crippen LogP contribution is 2.33. The summed E-state index contributed by atoms with van der Waals surface area (Å²) in [6.07, 6.45) is 0.731. The fourth-order valence-corrected chi connectivity index (χ4v) is 3.25. The zero-order valence-electron chi connectivity index (χ0n) is 13.1. The molecule has 2 nitrogen and oxygen atoms in total. The molecule has 25 heavy (non-hydrogen) atoms. The number of benzene rings is 3. The molecule has 0 unspecified atom stereocenters. The Morgan fingerprint density at radius 2 is 1.52 bits per heavy atom. The van der Waals surface area contributed by atoms with E-state index in [2.05, 4.69) is 4.98 Å². The molecule has 0 saturated heterocycles. The summed E-state index contributed by atoms with van der Waals surface area (Å²) in [5, 5.41) is 0.750. The van der Waals surface area contributed by atoms with Crippen molar-refractivity contribution in [2.45, 2.75) is 0 Å². The lowest BCUT2D eigenvalue weighted by atomic mass is 10.0. The molecule has 0 atom stereocenters. The van der Waals surface area contributed by atoms with E-state index in [1.54, 1.807) is 6.07 Å². The van der Waals surface area contributed by atoms with Crippen molar-refractivity contribution in [1.29, 1.82) is 0 Å². The van der Waals surface area contributed by atoms with Crippen molar-refractivity contribution in [1.82, 2.24) is 4.98 Å². The van der Waals surface area contributed by atoms with Gasteiger partial charge in [0.05, 0.1) is 11.2 Å². The van der Waals surface area contributed by atoms with Crippen LogP contribution in [0.2, 0.25) is 5.02 Å². The number of carbonyl (C=O) groups excluding carboxylic acids is 1. The van der Waals surface area contributed by atoms with Gasteiger partial charge in [0.2, 0.25) is 0 Å². The lowest BCUT2D eigenvalue weighted by Gasteiger charge is -2.04. The van der Waals surface area contributed by atoms with Gasteiger partial charge in [-0.25, -0.2) is 4.39 Å². The standard InChI is InChI=1S/C21H13ClFNO/c22-16-10-17-18(12-25)20(24-21(17)19(23)11-16)15-8-6-14(7-9-15)13-4-2-1-3-5-13/h1-12,24H. The minimum absolute atomic E-state index is 0.262. The summed E-state index contributed by atoms with van der Waals surface area (Å²) in [5.74, 6) is -0.474. The first-order chi connectivity index (χ1) is 12.2. The Bertz CT molecular complexity index is 1070. The van der Waals surface area contributed by atoms with Gasteiger partial charge in [-0.3, -0.25) is 4.79 Å². The molecule has 1 aromatic heterocycles. The Morgan fingerprint density at radius 3 is 2.20 bits per heavy atom. The van der Waals surface area contributed by atoms with Crippen LogP contribution in [0.5, 0.6) is 0 Å². The van der Waals surface area contributed by atoms with Gasteiger partial charge in [-0.05, 0) is 28.8 Å². The SMILES string of the molecule is O=Cc1c(-c2ccc(-c3ccccc3)cc2)[nH]c2c(F)cc(Cl)cc12. The van der Waals surface area contributed by atoms with Crippen LogP contribution in [0.25, 0.3) is 33.3 Å². The zero-order chi connectivity index (χ0) is 17.4. The summed E-state index contributed by atoms with van der Waals surface area (Å²) in [6, 6.07) is 20.6. The van der Waals surface area contributed by atoms with Crippen molar-refractivity contribution in [3.63, 3.8) is 0 Å². The number of hydrogen-bond donors (Lipinski definition) is 1. The van der Waals surface area contributed by atoms with Crippen LogP contribution in [-0.4, -0.2) is 11.3 Å². The van der Waals surface area contributed by atoms with E-state index in [0.717, 1.165) is 23.0 Å². The van der Waals surface area contributed by atoms with Crippen LogP contribution in [0.1, 0.15) is 10.4 Å². The van der Waals surface area contributed by atoms with Gasteiger partial charge in [-0.15, -0.1) is 0 Å². The van der Waals surface area contributed by atoms with Gasteiger partial charge in [0.1, 0.15) is 5.82 Å². The first-order valence-corrected chi connectivity index (χ1v) is 8.17. The maximum atomic E-state index is 14.1. The van der Waals surface area contributed by atoms with Crippen LogP contribution in [0, 0.1) is 5.82 Å². The Morgan fingerprint density at radius 1 is 0.880 bits per heavy atom. The van der Waals surface area contributed by atoms with E-state index in [-0.39, 0.29) is 10.5 Å². The summed E-state index contributed by atoms with van der Waals surface area (Å²) in [7, 11) is 0. The molecule has 0 spiro atoms. The van der Waals surface area contributed by atoms with E-state index in [1.807, 2.05) is 54.6 Å². The Hall–Kier alpha value is -2.91. The molecule has 3 aromatic carbocycles. The van der Waals surface area contributed by atoms with Crippen molar-refractivity contribution in [3.8, 4) is 22.4 Å². The normalized spacial score (nSPS) is 11.0. The number of fused-ring (bicyclic) bond motifs is 1. The quantitative estimate of drug-likeness (QED) is 0.445. The second-order valence-electron chi connectivity index (χ2n) is 5.79. The second kappa shape index (κ2) is 6.19. The van der Waals surface area contributed by atoms with Gasteiger partial charge in [0.15, 0.2) is 6.29 Å². The summed E-state index contributed by atoms with van der Waals surface area (Å²) < 4.78 is 14.1. The van der Waals surface area contributed by atoms with Crippen LogP contribution < -0.4 is 0 Å². The third-order valence-electron chi connectivity index (χ3n) is 4.26. The Kier molecular flexibility index (Phi) is 3.86. The minimum atomic E-state index is -0.474. The number of nitrogens with one attached hydrogen (secondary N) is 1. The number of halogens is 2. The van der Waals surface area contributed by atoms with E-state index in [0.29, 0.717) is 16.6 Å². The van der Waals surface area contributed by atoms with Crippen LogP contribution in [-0.2, 0) is 0 Å². The number of H-pyrrole nitrogens is 1. The minimum Gasteiger partial charge on any atom is -0.352 e. The molecule has 0 amide bonds. The van der Waals surface area contributed by atoms with Gasteiger partial charge in [-0.1, -0.05) is 66.2 Å². The molecule has 0 fully saturated rings. The van der Waals surface area contributed by atoms with Crippen LogP contribution in [0.4, 0.5) is 4.39 Å². The van der Waals surface area contributed by atoms with E-state index in [9.17, 15) is 9.18 Å². The van der Waals surface area contributed by atoms with Crippen molar-refractivity contribution < 1.29 is 9.18 Å². The van der Waals surface area contributed by atoms with Gasteiger partial charge in [0.25, 0.3) is 0 Å². The van der Waals surface area contributed by atoms with E-state index >= 15 is 0 Å². The Balaban J connectivity index is 1.85. The van der Waals surface area contributed by atoms with Gasteiger partial charge >= 0.3 is 0 Å². The smallest absolute Gasteiger partial charge is 0.152 e. The second-order valence-corrected chi connectivity index (χ2v) is 6.22. The van der Waals surface area contributed by atoms with E-state index in [4.69, 9.17) is 11.6 Å². The number of aromatic amines is 1. The van der Waals surface area contributed by atoms with Crippen LogP contribution in [0.3, 0.4) is 0 Å². The molecule has 0 bridgehead atoms. The lowest BCUT2D eigenvalue weighted by molar-refractivity contribution is 0.112. The first kappa shape index (κ1) is 15.6. The number of aromatic nitrogens is 1. The highest BCUT2D eigenvalue weighted by Gasteiger charge is 2.16. The number of aldehydes is 1. The van der Waals surface area contributed by atoms with E-state index < -0.39 is 5.82 Å². The molecule has 1 heterocycles. The van der Waals surface area contributed by atoms with Crippen molar-refractivity contribution in [2.75, 3.05) is 0 Å². The maximum Gasteiger partial charge on any atom is 0.152 e. The number of carbonyl (C=O) groups is 1. The number of rotatable bonds is 3. The van der Waals surface area contributed by atoms with Crippen molar-refractivity contribution >= 4 is 28.8 Å². The Labute approximate surface area is 148 Å². The third kappa shape index (κ3) is 2.73. The fourth-order valence-electron chi connectivity index (χ4n) is 3.05. The number of hydrogen-bond acceptors (Lipinski definition) is 1. The summed E-state index contributed by atoms with van der Waals surface area (Å²) in [4.78, 5) is 14.6. The topological polar surface area (TPSA) is 32.9 Å². The van der Waals surface area contributed by atoms with Gasteiger partial charge < -0.3 is 4.98 Å². The largest absolute Gasteiger partial charge is 0.352 e. The first-order valence-electron chi connectivity index (χ1n) is 7.79. The predicted octanol–water partition coefficient (Wildman–Crippen LogP) is 6.11. The molecular weight excluding hydrogens is 337 g/mol. The molecule has 4 rings (SSSR count). The van der Waals surface area contributed by atoms with E-state index in [1.165, 1.54) is 6.07 Å². The fraction of sp³-hybridized carbons (Fsp3) is 0. The molecule has 0 radical (unpaired) electrons. The highest BCUT2D eigenvalue weighted by atomic mass is 35.5. The van der Waals surface area contributed by atoms with Gasteiger partial charge in [0, 0.05) is 16.0 Å². The molecule has 0 saturated carbocycles. The average molecular weight is 350 g/mol. The predicted molar refractivity (Wildman–Crippen MR) is 99.5 cm³/mol. The molecule has 0 aliphatic carbocycles. The monoisotopic (exact) mass is 349 g/mol. The molecule has 4 heteroatoms. The highest BCUT2D eigenvalue weighted by molar-refractivity contribution is 6.31. The zero-order valence-corrected chi connectivity index (χ0v) is 13.8. The maximum absolute atomic E-state index is 14.1. The molecule has 4 aromatic rings. The molecular formula is C21H13ClFNO. The summed E-state index contributed by atoms with van der Waals surface area (Å²) in [5.41, 5.74) is 4.28. The van der Waals surface area contributed by atoms with Gasteiger partial charge in [-0.2, -0.15) is 0 Å². The third-order valence-corrected chi connectivity index (χ3v) is 4.48. The summed E-state index contributed by atoms with van der Waals surface area (Å²) in [6.45, 7) is 0. The average Bonchev–Trinajstić information content (AvgIpc) is 3.01. The van der Waals surface area contributed by atoms with Crippen LogP contribution >= 0.6 is 11.6 Å².